The number of amides is 11. The predicted molar refractivity (Wildman–Crippen MR) is 396 cm³/mol. The molecule has 0 aromatic rings. The van der Waals surface area contributed by atoms with E-state index in [2.05, 4.69) is 47.8 Å². The number of carbonyl (C=O) groups is 12. The van der Waals surface area contributed by atoms with Gasteiger partial charge in [0.2, 0.25) is 65.0 Å². The summed E-state index contributed by atoms with van der Waals surface area (Å²) in [6.45, 7) is 37.5. The molecule has 0 bridgehead atoms. The number of allylic oxidation sites excluding steroid dienone is 4. The molecular weight excluding hydrogens is 1320 g/mol. The molecule has 0 saturated carbocycles. The fourth-order valence-electron chi connectivity index (χ4n) is 13.9. The summed E-state index contributed by atoms with van der Waals surface area (Å²) in [4.78, 5) is 180. The normalized spacial score (nSPS) is 29.8. The third kappa shape index (κ3) is 24.2. The molecule has 26 nitrogen and oxygen atoms in total. The molecule has 11 amide bonds. The van der Waals surface area contributed by atoms with E-state index in [1.165, 1.54) is 93.3 Å². The van der Waals surface area contributed by atoms with Crippen LogP contribution in [-0.2, 0) is 67.0 Å². The molecule has 584 valence electrons. The molecule has 103 heavy (non-hydrogen) atoms. The second kappa shape index (κ2) is 39.8. The van der Waals surface area contributed by atoms with Gasteiger partial charge in [-0.05, 0) is 140 Å². The minimum absolute atomic E-state index is 0.0229. The number of fused-ring (bicyclic) bond motifs is 3. The van der Waals surface area contributed by atoms with E-state index in [0.717, 1.165) is 35.5 Å². The molecule has 3 fully saturated rings. The maximum Gasteiger partial charge on any atom is 0.334 e. The lowest BCUT2D eigenvalue weighted by molar-refractivity contribution is -0.157. The van der Waals surface area contributed by atoms with Crippen molar-refractivity contribution in [2.75, 3.05) is 55.9 Å². The van der Waals surface area contributed by atoms with E-state index >= 15 is 9.59 Å². The number of nitrogens with zero attached hydrogens (tertiary/aromatic N) is 7. The minimum atomic E-state index is -1.61. The van der Waals surface area contributed by atoms with Crippen LogP contribution in [0.15, 0.2) is 36.0 Å². The van der Waals surface area contributed by atoms with Crippen LogP contribution in [0.4, 0.5) is 0 Å². The quantitative estimate of drug-likeness (QED) is 0.0541. The summed E-state index contributed by atoms with van der Waals surface area (Å²) >= 11 is 0. The zero-order valence-electron chi connectivity index (χ0n) is 67.1. The Morgan fingerprint density at radius 3 is 1.56 bits per heavy atom. The maximum absolute atomic E-state index is 15.1. The molecule has 3 aliphatic heterocycles. The molecule has 16 atom stereocenters. The van der Waals surface area contributed by atoms with E-state index in [-0.39, 0.29) is 85.5 Å². The van der Waals surface area contributed by atoms with Gasteiger partial charge < -0.3 is 70.1 Å². The van der Waals surface area contributed by atoms with Gasteiger partial charge in [-0.15, -0.1) is 0 Å². The van der Waals surface area contributed by atoms with Crippen molar-refractivity contribution in [1.29, 1.82) is 0 Å². The molecule has 4 rings (SSSR count). The highest BCUT2D eigenvalue weighted by molar-refractivity contribution is 6.00. The topological polar surface area (TPSA) is 318 Å². The first-order chi connectivity index (χ1) is 47.7. The Labute approximate surface area is 615 Å². The van der Waals surface area contributed by atoms with Crippen LogP contribution < -0.4 is 21.3 Å². The van der Waals surface area contributed by atoms with Crippen molar-refractivity contribution in [3.63, 3.8) is 0 Å². The largest absolute Gasteiger partial charge is 0.455 e. The van der Waals surface area contributed by atoms with Crippen molar-refractivity contribution in [3.8, 4) is 0 Å². The van der Waals surface area contributed by atoms with Crippen molar-refractivity contribution >= 4 is 70.9 Å². The Morgan fingerprint density at radius 2 is 1.06 bits per heavy atom. The molecule has 3 heterocycles. The van der Waals surface area contributed by atoms with E-state index in [0.29, 0.717) is 12.0 Å². The van der Waals surface area contributed by atoms with Crippen molar-refractivity contribution in [2.24, 2.45) is 47.3 Å². The van der Waals surface area contributed by atoms with E-state index < -0.39 is 156 Å². The number of rotatable bonds is 15. The third-order valence-corrected chi connectivity index (χ3v) is 20.6. The smallest absolute Gasteiger partial charge is 0.334 e. The van der Waals surface area contributed by atoms with Gasteiger partial charge in [0.15, 0.2) is 0 Å². The molecule has 3 saturated heterocycles. The van der Waals surface area contributed by atoms with Crippen LogP contribution in [-0.4, -0.2) is 251 Å². The average molecular weight is 1450 g/mol. The van der Waals surface area contributed by atoms with E-state index in [1.807, 2.05) is 61.5 Å². The number of aliphatic hydroxyl groups excluding tert-OH is 1. The van der Waals surface area contributed by atoms with Crippen LogP contribution in [0.2, 0.25) is 0 Å². The molecule has 0 radical (unpaired) electrons. The SMILES string of the molecule is C=C1C(=O)OC2C1CCC(C)=CCCC1(C)OC21.CC=CCC(C)C(O)C1C(=O)NC(CC)C(=O)N(C)CC(=O)N(C)C(CC(C)C)C(=O)NC(C(C)C)C(=O)N(C)C(CC(C)C)C(=O)NC(C)C(=O)NC(C)C(=O)N(C)C(CC(C)C)C(=O)N(C)C(CC(C)C)C(=O)N(C)C(C(C)C)C(=O)N1C. The van der Waals surface area contributed by atoms with Crippen molar-refractivity contribution in [3.05, 3.63) is 36.0 Å². The van der Waals surface area contributed by atoms with Gasteiger partial charge >= 0.3 is 5.97 Å². The molecule has 16 unspecified atom stereocenters. The van der Waals surface area contributed by atoms with E-state index in [1.54, 1.807) is 54.5 Å². The highest BCUT2D eigenvalue weighted by atomic mass is 16.6. The lowest BCUT2D eigenvalue weighted by Gasteiger charge is -2.41. The number of epoxide rings is 1. The summed E-state index contributed by atoms with van der Waals surface area (Å²) < 4.78 is 11.3. The van der Waals surface area contributed by atoms with Crippen LogP contribution in [0.1, 0.15) is 196 Å². The summed E-state index contributed by atoms with van der Waals surface area (Å²) in [6, 6.07) is -12.3. The fraction of sp³-hybridized carbons (Fsp3) is 0.766. The molecule has 0 spiro atoms. The van der Waals surface area contributed by atoms with Gasteiger partial charge in [-0.25, -0.2) is 4.79 Å². The summed E-state index contributed by atoms with van der Waals surface area (Å²) in [7, 11) is 9.92. The van der Waals surface area contributed by atoms with Crippen molar-refractivity contribution in [2.45, 2.75) is 280 Å². The summed E-state index contributed by atoms with van der Waals surface area (Å²) in [5.41, 5.74) is 1.91. The van der Waals surface area contributed by atoms with Gasteiger partial charge in [-0.1, -0.05) is 127 Å². The zero-order chi connectivity index (χ0) is 78.9. The number of carbonyl (C=O) groups excluding carboxylic acids is 12. The van der Waals surface area contributed by atoms with Crippen molar-refractivity contribution < 1.29 is 72.1 Å². The summed E-state index contributed by atoms with van der Waals surface area (Å²) in [6.07, 6.45) is 9.30. The Morgan fingerprint density at radius 1 is 0.583 bits per heavy atom. The molecule has 5 N–H and O–H groups in total. The Kier molecular flexibility index (Phi) is 34.7. The van der Waals surface area contributed by atoms with Gasteiger partial charge in [-0.3, -0.25) is 52.7 Å². The van der Waals surface area contributed by atoms with Crippen LogP contribution in [0, 0.1) is 47.3 Å². The highest BCUT2D eigenvalue weighted by Crippen LogP contribution is 2.50. The Hall–Kier alpha value is -7.22. The van der Waals surface area contributed by atoms with Gasteiger partial charge in [-0.2, -0.15) is 0 Å². The number of ether oxygens (including phenoxy) is 2. The first-order valence-electron chi connectivity index (χ1n) is 37.3. The van der Waals surface area contributed by atoms with Crippen LogP contribution in [0.5, 0.6) is 0 Å². The maximum atomic E-state index is 15.1. The standard InChI is InChI=1S/C62H111N11O12.C15H20O3/c1-25-27-28-40(15)52(75)51-56(79)65-43(26-2)58(81)67(18)33-48(74)68(19)44(29-34(3)4)55(78)66-49(38(11)12)61(84)69(20)45(30-35(5)6)54(77)63-41(16)53(76)64-42(17)57(80)70(21)46(31-36(7)8)59(82)71(22)47(32-37(9)10)60(83)72(23)50(39(13)14)62(85)73(51)24;1-9-5-4-8-15(3)13(18-15)12-11(7-6-9)10(2)14(16)17-12/h25,27,34-47,49-52,75H,26,28-33H2,1-24H3,(H,63,77)(H,64,76)(H,65,79)(H,66,78);5,11-13H,2,4,6-8H2,1,3H3. The minimum Gasteiger partial charge on any atom is -0.455 e. The summed E-state index contributed by atoms with van der Waals surface area (Å²) in [5, 5.41) is 23.1. The van der Waals surface area contributed by atoms with Gasteiger partial charge in [0.05, 0.1) is 18.2 Å². The van der Waals surface area contributed by atoms with Crippen LogP contribution in [0.25, 0.3) is 0 Å². The molecule has 26 heteroatoms. The highest BCUT2D eigenvalue weighted by Gasteiger charge is 2.61. The number of aliphatic hydroxyl groups is 1. The Bertz CT molecular complexity index is 3060. The van der Waals surface area contributed by atoms with Gasteiger partial charge in [0.1, 0.15) is 72.6 Å². The Balaban J connectivity index is 0.00000130. The zero-order valence-corrected chi connectivity index (χ0v) is 67.1. The first-order valence-corrected chi connectivity index (χ1v) is 37.3. The van der Waals surface area contributed by atoms with Gasteiger partial charge in [0.25, 0.3) is 0 Å². The fourth-order valence-corrected chi connectivity index (χ4v) is 13.9. The average Bonchev–Trinajstić information content (AvgIpc) is 1.58. The molecule has 0 aromatic heterocycles. The lowest BCUT2D eigenvalue weighted by Crippen LogP contribution is -2.63. The number of likely N-dealkylation sites (N-methyl/N-ethyl adjacent to an activating group) is 7. The van der Waals surface area contributed by atoms with E-state index in [9.17, 15) is 53.1 Å². The first kappa shape index (κ1) is 90.0. The molecule has 1 aliphatic carbocycles. The molecular formula is C77H131N11O15. The number of nitrogens with one attached hydrogen (secondary N) is 4. The van der Waals surface area contributed by atoms with Crippen LogP contribution in [0.3, 0.4) is 0 Å². The number of hydrogen-bond donors (Lipinski definition) is 5. The predicted octanol–water partition coefficient (Wildman–Crippen LogP) is 6.03. The lowest BCUT2D eigenvalue weighted by atomic mass is 9.84. The van der Waals surface area contributed by atoms with Crippen LogP contribution >= 0.6 is 0 Å². The summed E-state index contributed by atoms with van der Waals surface area (Å²) in [5.74, 6) is -9.81. The molecule has 0 aromatic carbocycles. The second-order valence-corrected chi connectivity index (χ2v) is 32.1. The molecule has 4 aliphatic rings. The number of esters is 1. The number of hydrogen-bond acceptors (Lipinski definition) is 15. The second-order valence-electron chi connectivity index (χ2n) is 32.1. The monoisotopic (exact) mass is 1450 g/mol. The third-order valence-electron chi connectivity index (χ3n) is 20.6. The van der Waals surface area contributed by atoms with Crippen molar-refractivity contribution in [1.82, 2.24) is 55.6 Å². The van der Waals surface area contributed by atoms with E-state index in [4.69, 9.17) is 9.47 Å². The van der Waals surface area contributed by atoms with Gasteiger partial charge in [0, 0.05) is 60.8 Å².